The third kappa shape index (κ3) is 26.1. The summed E-state index contributed by atoms with van der Waals surface area (Å²) in [7, 11) is 0. The second-order valence-electron chi connectivity index (χ2n) is 16.5. The molecule has 1 saturated heterocycles. The van der Waals surface area contributed by atoms with Crippen LogP contribution in [0.1, 0.15) is 89.5 Å². The molecule has 2 heterocycles. The minimum absolute atomic E-state index is 0.000700. The Morgan fingerprint density at radius 1 is 0.606 bits per heavy atom. The van der Waals surface area contributed by atoms with Crippen LogP contribution in [0, 0.1) is 0 Å². The quantitative estimate of drug-likeness (QED) is 0.0426. The number of nitrogens with one attached hydrogen (secondary N) is 2. The molecule has 0 aliphatic carbocycles. The van der Waals surface area contributed by atoms with E-state index in [0.717, 1.165) is 24.8 Å². The Hall–Kier alpha value is -5.10. The van der Waals surface area contributed by atoms with Crippen molar-refractivity contribution in [3.8, 4) is 0 Å². The standard InChI is InChI=1S/C43H67BrN8O14/c1-31(53)12-14-35(42(64)65)47-43(66)46-34(41(62)63)10-7-8-16-52(26-32-13-15-36(44)45-25-32)37(55)11-6-4-2-3-5-9-33(54)27-48-17-19-49(28-38(56)57)21-23-51(30-40(60)61)24-22-50(20-18-48)29-39(58)59/h13,15,25,34-35H,2-12,14,16-24,26-30H2,1H3,(H,56,57)(H,58,59)(H,60,61)(H,62,63)(H,64,65)(H2,46,47,66)/t34-,35-/m0/s1. The van der Waals surface area contributed by atoms with Gasteiger partial charge in [0.05, 0.1) is 26.2 Å². The van der Waals surface area contributed by atoms with E-state index in [4.69, 9.17) is 0 Å². The number of pyridine rings is 1. The Kier molecular flexibility index (Phi) is 27.4. The van der Waals surface area contributed by atoms with Gasteiger partial charge < -0.3 is 45.9 Å². The smallest absolute Gasteiger partial charge is 0.326 e. The molecule has 3 amide bonds. The monoisotopic (exact) mass is 998 g/mol. The van der Waals surface area contributed by atoms with Gasteiger partial charge >= 0.3 is 35.9 Å². The SMILES string of the molecule is CC(=O)CC[C@H](NC(=O)N[C@@H](CCCCN(Cc1ccc(Br)nc1)C(=O)CCCCCCCC(=O)CN1CCN(CC(=O)O)CCN(CC(=O)O)CCN(CC(=O)O)CC1)C(=O)O)C(=O)O. The summed E-state index contributed by atoms with van der Waals surface area (Å²) in [6.45, 7) is 3.73. The Balaban J connectivity index is 1.88. The van der Waals surface area contributed by atoms with Crippen LogP contribution in [0.5, 0.6) is 0 Å². The number of urea groups is 1. The average Bonchev–Trinajstić information content (AvgIpc) is 3.23. The molecule has 0 unspecified atom stereocenters. The van der Waals surface area contributed by atoms with Crippen LogP contribution >= 0.6 is 15.9 Å². The van der Waals surface area contributed by atoms with Crippen LogP contribution in [0.4, 0.5) is 4.79 Å². The zero-order valence-corrected chi connectivity index (χ0v) is 39.3. The Morgan fingerprint density at radius 2 is 1.06 bits per heavy atom. The normalized spacial score (nSPS) is 15.6. The summed E-state index contributed by atoms with van der Waals surface area (Å²) >= 11 is 3.31. The lowest BCUT2D eigenvalue weighted by molar-refractivity contribution is -0.140. The largest absolute Gasteiger partial charge is 0.480 e. The minimum Gasteiger partial charge on any atom is -0.480 e. The molecule has 2 atom stereocenters. The number of carboxylic acids is 5. The minimum atomic E-state index is -1.37. The maximum atomic E-state index is 13.5. The van der Waals surface area contributed by atoms with Gasteiger partial charge in [-0.15, -0.1) is 0 Å². The molecule has 1 aromatic rings. The third-order valence-electron chi connectivity index (χ3n) is 10.9. The number of carbonyl (C=O) groups is 9. The Labute approximate surface area is 393 Å². The van der Waals surface area contributed by atoms with Crippen LogP contribution < -0.4 is 10.6 Å². The van der Waals surface area contributed by atoms with Gasteiger partial charge in [0.15, 0.2) is 0 Å². The number of unbranched alkanes of at least 4 members (excludes halogenated alkanes) is 5. The van der Waals surface area contributed by atoms with Gasteiger partial charge in [-0.1, -0.05) is 25.3 Å². The van der Waals surface area contributed by atoms with Crippen molar-refractivity contribution in [2.24, 2.45) is 0 Å². The van der Waals surface area contributed by atoms with Crippen molar-refractivity contribution in [1.29, 1.82) is 0 Å². The fraction of sp³-hybridized carbons (Fsp3) is 0.674. The highest BCUT2D eigenvalue weighted by Crippen LogP contribution is 2.15. The van der Waals surface area contributed by atoms with Crippen molar-refractivity contribution in [1.82, 2.24) is 40.1 Å². The van der Waals surface area contributed by atoms with Gasteiger partial charge in [-0.05, 0) is 73.0 Å². The average molecular weight is 1000 g/mol. The van der Waals surface area contributed by atoms with E-state index in [-0.39, 0.29) is 102 Å². The highest BCUT2D eigenvalue weighted by atomic mass is 79.9. The molecule has 0 radical (unpaired) electrons. The van der Waals surface area contributed by atoms with Gasteiger partial charge in [-0.3, -0.25) is 43.6 Å². The van der Waals surface area contributed by atoms with Crippen LogP contribution in [0.2, 0.25) is 0 Å². The molecule has 2 rings (SSSR count). The molecular formula is C43H67BrN8O14. The molecule has 0 saturated carbocycles. The highest BCUT2D eigenvalue weighted by molar-refractivity contribution is 9.10. The van der Waals surface area contributed by atoms with Gasteiger partial charge in [0.2, 0.25) is 5.91 Å². The third-order valence-corrected chi connectivity index (χ3v) is 11.4. The van der Waals surface area contributed by atoms with Crippen LogP contribution in [0.25, 0.3) is 0 Å². The van der Waals surface area contributed by atoms with E-state index in [9.17, 15) is 68.7 Å². The molecule has 0 spiro atoms. The first-order valence-corrected chi connectivity index (χ1v) is 23.1. The van der Waals surface area contributed by atoms with Gasteiger partial charge in [0.1, 0.15) is 28.3 Å². The second-order valence-corrected chi connectivity index (χ2v) is 17.3. The first-order valence-electron chi connectivity index (χ1n) is 22.3. The number of rotatable bonds is 30. The lowest BCUT2D eigenvalue weighted by Gasteiger charge is -2.32. The highest BCUT2D eigenvalue weighted by Gasteiger charge is 2.26. The number of ketones is 2. The molecule has 370 valence electrons. The van der Waals surface area contributed by atoms with Gasteiger partial charge in [-0.2, -0.15) is 0 Å². The van der Waals surface area contributed by atoms with E-state index < -0.39 is 48.0 Å². The zero-order valence-electron chi connectivity index (χ0n) is 37.7. The van der Waals surface area contributed by atoms with E-state index in [2.05, 4.69) is 31.5 Å². The topological polar surface area (TPSA) is 308 Å². The van der Waals surface area contributed by atoms with Crippen molar-refractivity contribution in [3.05, 3.63) is 28.5 Å². The number of nitrogens with zero attached hydrogens (tertiary/aromatic N) is 6. The van der Waals surface area contributed by atoms with E-state index in [1.54, 1.807) is 31.9 Å². The van der Waals surface area contributed by atoms with Crippen molar-refractivity contribution in [2.45, 2.75) is 103 Å². The number of halogens is 1. The first-order chi connectivity index (χ1) is 31.3. The zero-order chi connectivity index (χ0) is 49.0. The maximum absolute atomic E-state index is 13.5. The summed E-state index contributed by atoms with van der Waals surface area (Å²) < 4.78 is 0.631. The first kappa shape index (κ1) is 57.0. The van der Waals surface area contributed by atoms with Crippen molar-refractivity contribution in [2.75, 3.05) is 85.1 Å². The van der Waals surface area contributed by atoms with Gasteiger partial charge in [0.25, 0.3) is 0 Å². The molecule has 23 heteroatoms. The van der Waals surface area contributed by atoms with E-state index in [0.29, 0.717) is 69.4 Å². The van der Waals surface area contributed by atoms with Crippen LogP contribution in [0.3, 0.4) is 0 Å². The predicted octanol–water partition coefficient (Wildman–Crippen LogP) is 1.69. The number of aliphatic carboxylic acids is 5. The molecule has 0 aromatic carbocycles. The van der Waals surface area contributed by atoms with E-state index in [1.807, 2.05) is 11.0 Å². The van der Waals surface area contributed by atoms with Gasteiger partial charge in [0, 0.05) is 90.9 Å². The molecule has 1 aliphatic rings. The lowest BCUT2D eigenvalue weighted by atomic mass is 10.1. The number of hydrogen-bond donors (Lipinski definition) is 7. The van der Waals surface area contributed by atoms with Gasteiger partial charge in [-0.25, -0.2) is 19.4 Å². The fourth-order valence-corrected chi connectivity index (χ4v) is 7.52. The number of carbonyl (C=O) groups excluding carboxylic acids is 4. The van der Waals surface area contributed by atoms with Crippen LogP contribution in [0.15, 0.2) is 22.9 Å². The Bertz CT molecular complexity index is 1720. The second kappa shape index (κ2) is 31.8. The number of hydrogen-bond acceptors (Lipinski definition) is 14. The molecule has 66 heavy (non-hydrogen) atoms. The summed E-state index contributed by atoms with van der Waals surface area (Å²) in [5.41, 5.74) is 0.794. The van der Waals surface area contributed by atoms with Crippen molar-refractivity contribution < 1.29 is 68.7 Å². The van der Waals surface area contributed by atoms with Crippen molar-refractivity contribution >= 4 is 69.3 Å². The van der Waals surface area contributed by atoms with Crippen molar-refractivity contribution in [3.63, 3.8) is 0 Å². The molecule has 0 bridgehead atoms. The summed E-state index contributed by atoms with van der Waals surface area (Å²) in [5, 5.41) is 51.9. The number of aromatic nitrogens is 1. The summed E-state index contributed by atoms with van der Waals surface area (Å²) in [5.74, 6) is -6.11. The summed E-state index contributed by atoms with van der Waals surface area (Å²) in [6.07, 6.45) is 6.30. The molecular weight excluding hydrogens is 932 g/mol. The molecule has 22 nitrogen and oxygen atoms in total. The number of Topliss-reactive ketones (excluding diaryl/α,β-unsaturated/α-hetero) is 2. The van der Waals surface area contributed by atoms with Crippen LogP contribution in [-0.4, -0.2) is 206 Å². The maximum Gasteiger partial charge on any atom is 0.326 e. The number of amides is 3. The summed E-state index contributed by atoms with van der Waals surface area (Å²) in [4.78, 5) is 121. The molecule has 1 aliphatic heterocycles. The molecule has 1 aromatic heterocycles. The Morgan fingerprint density at radius 3 is 1.50 bits per heavy atom. The molecule has 1 fully saturated rings. The van der Waals surface area contributed by atoms with E-state index >= 15 is 0 Å². The summed E-state index contributed by atoms with van der Waals surface area (Å²) in [6, 6.07) is -0.0793. The van der Waals surface area contributed by atoms with E-state index in [1.165, 1.54) is 6.92 Å². The fourth-order valence-electron chi connectivity index (χ4n) is 7.28. The van der Waals surface area contributed by atoms with Crippen LogP contribution in [-0.2, 0) is 44.9 Å². The molecule has 7 N–H and O–H groups in total. The lowest BCUT2D eigenvalue weighted by Crippen LogP contribution is -2.51. The predicted molar refractivity (Wildman–Crippen MR) is 242 cm³/mol. The number of carboxylic acid groups (broad SMARTS) is 5.